The largest absolute Gasteiger partial charge is 0.478 e. The monoisotopic (exact) mass is 368 g/mol. The van der Waals surface area contributed by atoms with Gasteiger partial charge < -0.3 is 20.4 Å². The van der Waals surface area contributed by atoms with Crippen LogP contribution in [0.25, 0.3) is 0 Å². The van der Waals surface area contributed by atoms with Gasteiger partial charge >= 0.3 is 24.1 Å². The molecule has 0 aromatic heterocycles. The van der Waals surface area contributed by atoms with Gasteiger partial charge in [-0.05, 0) is 26.0 Å². The molecule has 0 saturated carbocycles. The zero-order valence-corrected chi connectivity index (χ0v) is 14.1. The Morgan fingerprint density at radius 1 is 0.731 bits per heavy atom. The fourth-order valence-electron chi connectivity index (χ4n) is 0.932. The van der Waals surface area contributed by atoms with E-state index in [0.717, 1.165) is 0 Å². The van der Waals surface area contributed by atoms with Crippen molar-refractivity contribution < 1.29 is 39.6 Å². The lowest BCUT2D eigenvalue weighted by Gasteiger charge is -2.07. The van der Waals surface area contributed by atoms with Crippen molar-refractivity contribution in [2.45, 2.75) is 13.8 Å². The molecule has 0 saturated heterocycles. The van der Waals surface area contributed by atoms with E-state index in [0.29, 0.717) is 0 Å². The van der Waals surface area contributed by atoms with Gasteiger partial charge in [-0.25, -0.2) is 19.2 Å². The standard InChI is InChI=1S/C8H8N2O4.2C4H6O2/c11-7(12)9-5-3-1-2-4-6(5)10-8(13)14;2*1-3(2)4(5)6/h1-4,9-10H,(H,11,12)(H,13,14);2*1H2,2H3,(H,5,6). The molecule has 0 atom stereocenters. The van der Waals surface area contributed by atoms with E-state index < -0.39 is 24.1 Å². The van der Waals surface area contributed by atoms with E-state index in [9.17, 15) is 19.2 Å². The van der Waals surface area contributed by atoms with Gasteiger partial charge in [-0.2, -0.15) is 0 Å². The lowest BCUT2D eigenvalue weighted by atomic mass is 10.2. The van der Waals surface area contributed by atoms with Crippen LogP contribution in [-0.4, -0.2) is 44.6 Å². The average Bonchev–Trinajstić information content (AvgIpc) is 2.49. The Morgan fingerprint density at radius 3 is 1.12 bits per heavy atom. The van der Waals surface area contributed by atoms with Crippen molar-refractivity contribution in [3.8, 4) is 0 Å². The van der Waals surface area contributed by atoms with E-state index in [4.69, 9.17) is 20.4 Å². The quantitative estimate of drug-likeness (QED) is 0.439. The molecular formula is C16H20N2O8. The van der Waals surface area contributed by atoms with Crippen molar-refractivity contribution in [1.82, 2.24) is 0 Å². The minimum Gasteiger partial charge on any atom is -0.478 e. The van der Waals surface area contributed by atoms with Crippen LogP contribution in [0.2, 0.25) is 0 Å². The number of anilines is 2. The van der Waals surface area contributed by atoms with Gasteiger partial charge in [-0.15, -0.1) is 0 Å². The number of hydrogen-bond acceptors (Lipinski definition) is 4. The molecule has 0 aliphatic carbocycles. The summed E-state index contributed by atoms with van der Waals surface area (Å²) in [5.74, 6) is -1.87. The van der Waals surface area contributed by atoms with E-state index in [-0.39, 0.29) is 22.5 Å². The summed E-state index contributed by atoms with van der Waals surface area (Å²) in [5.41, 5.74) is 0.745. The predicted molar refractivity (Wildman–Crippen MR) is 94.6 cm³/mol. The van der Waals surface area contributed by atoms with Gasteiger partial charge in [0, 0.05) is 11.1 Å². The lowest BCUT2D eigenvalue weighted by Crippen LogP contribution is -2.13. The number of amides is 2. The van der Waals surface area contributed by atoms with Crippen LogP contribution in [0.5, 0.6) is 0 Å². The second kappa shape index (κ2) is 12.6. The van der Waals surface area contributed by atoms with Gasteiger partial charge in [0.25, 0.3) is 0 Å². The number of para-hydroxylation sites is 2. The van der Waals surface area contributed by atoms with Crippen LogP contribution in [0.15, 0.2) is 48.6 Å². The van der Waals surface area contributed by atoms with E-state index in [1.165, 1.54) is 26.0 Å². The molecule has 1 aromatic rings. The Labute approximate surface area is 149 Å². The molecule has 1 aromatic carbocycles. The Bertz CT molecular complexity index is 614. The SMILES string of the molecule is C=C(C)C(=O)O.C=C(C)C(=O)O.O=C(O)Nc1ccccc1NC(=O)O. The van der Waals surface area contributed by atoms with Gasteiger partial charge in [0.15, 0.2) is 0 Å². The third kappa shape index (κ3) is 13.8. The molecule has 26 heavy (non-hydrogen) atoms. The summed E-state index contributed by atoms with van der Waals surface area (Å²) in [7, 11) is 0. The minimum absolute atomic E-state index is 0.176. The molecule has 0 aliphatic rings. The lowest BCUT2D eigenvalue weighted by molar-refractivity contribution is -0.133. The highest BCUT2D eigenvalue weighted by Gasteiger charge is 2.06. The summed E-state index contributed by atoms with van der Waals surface area (Å²) in [4.78, 5) is 39.8. The van der Waals surface area contributed by atoms with E-state index in [1.807, 2.05) is 0 Å². The summed E-state index contributed by atoms with van der Waals surface area (Å²) in [5, 5.41) is 36.8. The second-order valence-electron chi connectivity index (χ2n) is 4.58. The first kappa shape index (κ1) is 24.4. The molecule has 142 valence electrons. The summed E-state index contributed by atoms with van der Waals surface area (Å²) in [6.07, 6.45) is -2.49. The van der Waals surface area contributed by atoms with Gasteiger partial charge in [0.2, 0.25) is 0 Å². The molecule has 2 amide bonds. The van der Waals surface area contributed by atoms with Gasteiger partial charge in [0.05, 0.1) is 11.4 Å². The predicted octanol–water partition coefficient (Wildman–Crippen LogP) is 3.16. The van der Waals surface area contributed by atoms with E-state index in [2.05, 4.69) is 23.8 Å². The zero-order chi connectivity index (χ0) is 20.9. The zero-order valence-electron chi connectivity index (χ0n) is 14.1. The van der Waals surface area contributed by atoms with Gasteiger partial charge in [-0.3, -0.25) is 10.6 Å². The van der Waals surface area contributed by atoms with Crippen molar-refractivity contribution in [3.05, 3.63) is 48.6 Å². The maximum absolute atomic E-state index is 10.3. The number of carboxylic acids is 2. The number of nitrogens with one attached hydrogen (secondary N) is 2. The molecule has 0 fully saturated rings. The van der Waals surface area contributed by atoms with E-state index in [1.54, 1.807) is 12.1 Å². The highest BCUT2D eigenvalue weighted by Crippen LogP contribution is 2.20. The normalized spacial score (nSPS) is 8.38. The summed E-state index contributed by atoms with van der Waals surface area (Å²) < 4.78 is 0. The van der Waals surface area contributed by atoms with E-state index >= 15 is 0 Å². The van der Waals surface area contributed by atoms with Crippen LogP contribution in [0, 0.1) is 0 Å². The van der Waals surface area contributed by atoms with Crippen LogP contribution in [-0.2, 0) is 9.59 Å². The maximum Gasteiger partial charge on any atom is 0.409 e. The number of carbonyl (C=O) groups is 4. The number of aliphatic carboxylic acids is 2. The Kier molecular flexibility index (Phi) is 11.8. The molecule has 0 aliphatic heterocycles. The molecule has 0 spiro atoms. The third-order valence-electron chi connectivity index (χ3n) is 2.14. The number of rotatable bonds is 4. The topological polar surface area (TPSA) is 173 Å². The molecule has 0 unspecified atom stereocenters. The molecule has 10 heteroatoms. The van der Waals surface area contributed by atoms with Crippen LogP contribution in [0.1, 0.15) is 13.8 Å². The maximum atomic E-state index is 10.3. The van der Waals surface area contributed by atoms with Crippen molar-refractivity contribution in [2.75, 3.05) is 10.6 Å². The Hall–Kier alpha value is -3.82. The summed E-state index contributed by atoms with van der Waals surface area (Å²) >= 11 is 0. The van der Waals surface area contributed by atoms with Gasteiger partial charge in [0.1, 0.15) is 0 Å². The van der Waals surface area contributed by atoms with Crippen molar-refractivity contribution >= 4 is 35.5 Å². The van der Waals surface area contributed by atoms with Crippen LogP contribution >= 0.6 is 0 Å². The minimum atomic E-state index is -1.25. The van der Waals surface area contributed by atoms with Gasteiger partial charge in [-0.1, -0.05) is 25.3 Å². The smallest absolute Gasteiger partial charge is 0.409 e. The highest BCUT2D eigenvalue weighted by atomic mass is 16.4. The molecule has 1 rings (SSSR count). The van der Waals surface area contributed by atoms with Crippen molar-refractivity contribution in [1.29, 1.82) is 0 Å². The molecule has 0 radical (unpaired) electrons. The number of hydrogen-bond donors (Lipinski definition) is 6. The number of benzene rings is 1. The molecule has 0 bridgehead atoms. The molecule has 6 N–H and O–H groups in total. The summed E-state index contributed by atoms with van der Waals surface area (Å²) in [6, 6.07) is 6.11. The Balaban J connectivity index is 0. The van der Waals surface area contributed by atoms with Crippen LogP contribution in [0.4, 0.5) is 21.0 Å². The third-order valence-corrected chi connectivity index (χ3v) is 2.14. The Morgan fingerprint density at radius 2 is 0.962 bits per heavy atom. The average molecular weight is 368 g/mol. The molecule has 0 heterocycles. The van der Waals surface area contributed by atoms with Crippen LogP contribution < -0.4 is 10.6 Å². The fraction of sp³-hybridized carbons (Fsp3) is 0.125. The van der Waals surface area contributed by atoms with Crippen molar-refractivity contribution in [2.24, 2.45) is 0 Å². The number of carboxylic acid groups (broad SMARTS) is 4. The fourth-order valence-corrected chi connectivity index (χ4v) is 0.932. The molecular weight excluding hydrogens is 348 g/mol. The van der Waals surface area contributed by atoms with Crippen LogP contribution in [0.3, 0.4) is 0 Å². The second-order valence-corrected chi connectivity index (χ2v) is 4.58. The first-order chi connectivity index (χ1) is 11.9. The molecule has 10 nitrogen and oxygen atoms in total. The van der Waals surface area contributed by atoms with Crippen molar-refractivity contribution in [3.63, 3.8) is 0 Å². The summed E-state index contributed by atoms with van der Waals surface area (Å²) in [6.45, 7) is 9.20. The first-order valence-electron chi connectivity index (χ1n) is 6.75. The highest BCUT2D eigenvalue weighted by molar-refractivity contribution is 5.93. The first-order valence-corrected chi connectivity index (χ1v) is 6.75.